The van der Waals surface area contributed by atoms with E-state index in [1.807, 2.05) is 83.4 Å². The molecule has 0 N–H and O–H groups in total. The van der Waals surface area contributed by atoms with Gasteiger partial charge in [-0.05, 0) is 42.0 Å². The number of carbonyl (C=O) groups excluding carboxylic acids is 1. The number of halogens is 1. The zero-order valence-corrected chi connectivity index (χ0v) is 20.0. The molecule has 33 heavy (non-hydrogen) atoms. The second-order valence-corrected chi connectivity index (χ2v) is 9.00. The molecule has 0 fully saturated rings. The minimum atomic E-state index is -0.477. The molecule has 1 aromatic heterocycles. The fourth-order valence-electron chi connectivity index (χ4n) is 3.35. The number of methoxy groups -OCH3 is 1. The number of rotatable bonds is 7. The van der Waals surface area contributed by atoms with E-state index in [9.17, 15) is 4.79 Å². The van der Waals surface area contributed by atoms with Crippen molar-refractivity contribution in [3.63, 3.8) is 0 Å². The van der Waals surface area contributed by atoms with Gasteiger partial charge in [0.05, 0.1) is 7.11 Å². The summed E-state index contributed by atoms with van der Waals surface area (Å²) < 4.78 is 7.33. The van der Waals surface area contributed by atoms with E-state index in [1.165, 1.54) is 11.8 Å². The van der Waals surface area contributed by atoms with Gasteiger partial charge in [-0.3, -0.25) is 9.36 Å². The van der Waals surface area contributed by atoms with Crippen LogP contribution in [0.5, 0.6) is 5.75 Å². The predicted octanol–water partition coefficient (Wildman–Crippen LogP) is 5.52. The Morgan fingerprint density at radius 3 is 2.39 bits per heavy atom. The van der Waals surface area contributed by atoms with Crippen LogP contribution in [-0.2, 0) is 4.79 Å². The molecule has 4 rings (SSSR count). The molecule has 0 saturated heterocycles. The van der Waals surface area contributed by atoms with Gasteiger partial charge in [-0.2, -0.15) is 0 Å². The third-order valence-electron chi connectivity index (χ3n) is 5.04. The number of carbonyl (C=O) groups is 1. The van der Waals surface area contributed by atoms with Gasteiger partial charge in [0.2, 0.25) is 5.91 Å². The van der Waals surface area contributed by atoms with Crippen molar-refractivity contribution in [1.82, 2.24) is 19.7 Å². The highest BCUT2D eigenvalue weighted by molar-refractivity contribution is 8.00. The summed E-state index contributed by atoms with van der Waals surface area (Å²) in [4.78, 5) is 14.7. The van der Waals surface area contributed by atoms with Crippen LogP contribution in [-0.4, -0.2) is 46.8 Å². The number of likely N-dealkylation sites (N-methyl/N-ethyl adjacent to an activating group) is 1. The van der Waals surface area contributed by atoms with E-state index >= 15 is 0 Å². The SMILES string of the molecule is COc1cccc(-c2nnc(SC(C(=O)N(C)C)c3ccccc3)n2-c2ccc(Cl)cc2)c1. The largest absolute Gasteiger partial charge is 0.497 e. The number of benzene rings is 3. The summed E-state index contributed by atoms with van der Waals surface area (Å²) in [5.41, 5.74) is 2.59. The van der Waals surface area contributed by atoms with E-state index in [0.29, 0.717) is 16.0 Å². The summed E-state index contributed by atoms with van der Waals surface area (Å²) in [5.74, 6) is 1.33. The number of aromatic nitrogens is 3. The van der Waals surface area contributed by atoms with E-state index in [-0.39, 0.29) is 5.91 Å². The van der Waals surface area contributed by atoms with E-state index in [0.717, 1.165) is 22.6 Å². The number of amides is 1. The first-order chi connectivity index (χ1) is 16.0. The maximum Gasteiger partial charge on any atom is 0.240 e. The van der Waals surface area contributed by atoms with Crippen molar-refractivity contribution in [3.05, 3.63) is 89.4 Å². The van der Waals surface area contributed by atoms with Crippen LogP contribution in [0.2, 0.25) is 5.02 Å². The van der Waals surface area contributed by atoms with Gasteiger partial charge in [-0.1, -0.05) is 65.8 Å². The predicted molar refractivity (Wildman–Crippen MR) is 132 cm³/mol. The minimum Gasteiger partial charge on any atom is -0.497 e. The third-order valence-corrected chi connectivity index (χ3v) is 6.47. The normalized spacial score (nSPS) is 11.8. The average Bonchev–Trinajstić information content (AvgIpc) is 3.26. The van der Waals surface area contributed by atoms with Crippen LogP contribution in [0, 0.1) is 0 Å². The molecule has 0 aliphatic heterocycles. The number of hydrogen-bond donors (Lipinski definition) is 0. The van der Waals surface area contributed by atoms with Crippen LogP contribution in [0.15, 0.2) is 84.0 Å². The fourth-order valence-corrected chi connectivity index (χ4v) is 4.67. The number of nitrogens with zero attached hydrogens (tertiary/aromatic N) is 4. The van der Waals surface area contributed by atoms with Gasteiger partial charge < -0.3 is 9.64 Å². The molecule has 8 heteroatoms. The highest BCUT2D eigenvalue weighted by Gasteiger charge is 2.27. The van der Waals surface area contributed by atoms with E-state index in [1.54, 1.807) is 26.1 Å². The Hall–Kier alpha value is -3.29. The highest BCUT2D eigenvalue weighted by Crippen LogP contribution is 2.38. The van der Waals surface area contributed by atoms with Gasteiger partial charge in [-0.15, -0.1) is 10.2 Å². The van der Waals surface area contributed by atoms with Gasteiger partial charge in [0, 0.05) is 30.4 Å². The molecule has 0 aliphatic rings. The zero-order valence-electron chi connectivity index (χ0n) is 18.5. The number of hydrogen-bond acceptors (Lipinski definition) is 5. The third kappa shape index (κ3) is 5.05. The molecule has 168 valence electrons. The lowest BCUT2D eigenvalue weighted by Gasteiger charge is -2.20. The summed E-state index contributed by atoms with van der Waals surface area (Å²) >= 11 is 7.50. The summed E-state index contributed by atoms with van der Waals surface area (Å²) in [5, 5.41) is 9.73. The van der Waals surface area contributed by atoms with Gasteiger partial charge in [0.1, 0.15) is 11.0 Å². The average molecular weight is 479 g/mol. The van der Waals surface area contributed by atoms with Crippen molar-refractivity contribution >= 4 is 29.3 Å². The first-order valence-electron chi connectivity index (χ1n) is 10.3. The first-order valence-corrected chi connectivity index (χ1v) is 11.5. The summed E-state index contributed by atoms with van der Waals surface area (Å²) in [6.45, 7) is 0. The van der Waals surface area contributed by atoms with Crippen LogP contribution in [0.3, 0.4) is 0 Å². The summed E-state index contributed by atoms with van der Waals surface area (Å²) in [6.07, 6.45) is 0. The van der Waals surface area contributed by atoms with E-state index < -0.39 is 5.25 Å². The molecular formula is C25H23ClN4O2S. The van der Waals surface area contributed by atoms with Crippen LogP contribution >= 0.6 is 23.4 Å². The molecule has 0 aliphatic carbocycles. The van der Waals surface area contributed by atoms with Gasteiger partial charge in [0.15, 0.2) is 11.0 Å². The van der Waals surface area contributed by atoms with Gasteiger partial charge in [0.25, 0.3) is 0 Å². The monoisotopic (exact) mass is 478 g/mol. The Kier molecular flexibility index (Phi) is 7.01. The summed E-state index contributed by atoms with van der Waals surface area (Å²) in [6, 6.07) is 24.8. The van der Waals surface area contributed by atoms with Crippen molar-refractivity contribution in [2.45, 2.75) is 10.4 Å². The molecule has 4 aromatic rings. The van der Waals surface area contributed by atoms with Crippen molar-refractivity contribution in [1.29, 1.82) is 0 Å². The van der Waals surface area contributed by atoms with Crippen molar-refractivity contribution in [2.24, 2.45) is 0 Å². The molecule has 0 saturated carbocycles. The molecule has 1 unspecified atom stereocenters. The Balaban J connectivity index is 1.84. The van der Waals surface area contributed by atoms with Crippen molar-refractivity contribution in [3.8, 4) is 22.8 Å². The molecule has 3 aromatic carbocycles. The maximum atomic E-state index is 13.1. The minimum absolute atomic E-state index is 0.0280. The molecule has 1 heterocycles. The lowest BCUT2D eigenvalue weighted by molar-refractivity contribution is -0.128. The Bertz CT molecular complexity index is 1240. The zero-order chi connectivity index (χ0) is 23.4. The second kappa shape index (κ2) is 10.1. The highest BCUT2D eigenvalue weighted by atomic mass is 35.5. The molecular weight excluding hydrogens is 456 g/mol. The lowest BCUT2D eigenvalue weighted by atomic mass is 10.1. The smallest absolute Gasteiger partial charge is 0.240 e. The van der Waals surface area contributed by atoms with Crippen LogP contribution in [0.4, 0.5) is 0 Å². The molecule has 0 radical (unpaired) electrons. The fraction of sp³-hybridized carbons (Fsp3) is 0.160. The quantitative estimate of drug-likeness (QED) is 0.327. The van der Waals surface area contributed by atoms with Crippen molar-refractivity contribution < 1.29 is 9.53 Å². The standard InChI is InChI=1S/C25H23ClN4O2S/c1-29(2)24(31)22(17-8-5-4-6-9-17)33-25-28-27-23(18-10-7-11-21(16-18)32-3)30(25)20-14-12-19(26)13-15-20/h4-16,22H,1-3H3. The number of thioether (sulfide) groups is 1. The van der Waals surface area contributed by atoms with E-state index in [2.05, 4.69) is 10.2 Å². The first kappa shape index (κ1) is 22.9. The van der Waals surface area contributed by atoms with Gasteiger partial charge in [-0.25, -0.2) is 0 Å². The van der Waals surface area contributed by atoms with E-state index in [4.69, 9.17) is 16.3 Å². The molecule has 1 atom stereocenters. The molecule has 0 spiro atoms. The maximum absolute atomic E-state index is 13.1. The lowest BCUT2D eigenvalue weighted by Crippen LogP contribution is -2.27. The summed E-state index contributed by atoms with van der Waals surface area (Å²) in [7, 11) is 5.14. The second-order valence-electron chi connectivity index (χ2n) is 7.49. The molecule has 6 nitrogen and oxygen atoms in total. The van der Waals surface area contributed by atoms with Crippen LogP contribution in [0.25, 0.3) is 17.1 Å². The molecule has 1 amide bonds. The van der Waals surface area contributed by atoms with Crippen LogP contribution < -0.4 is 4.74 Å². The Labute approximate surface area is 202 Å². The Morgan fingerprint density at radius 2 is 1.73 bits per heavy atom. The topological polar surface area (TPSA) is 60.3 Å². The van der Waals surface area contributed by atoms with Crippen molar-refractivity contribution in [2.75, 3.05) is 21.2 Å². The Morgan fingerprint density at radius 1 is 1.00 bits per heavy atom. The van der Waals surface area contributed by atoms with Gasteiger partial charge >= 0.3 is 0 Å². The number of ether oxygens (including phenoxy) is 1. The molecule has 0 bridgehead atoms. The van der Waals surface area contributed by atoms with Crippen LogP contribution in [0.1, 0.15) is 10.8 Å².